The Bertz CT molecular complexity index is 1090. The van der Waals surface area contributed by atoms with Crippen LogP contribution in [-0.4, -0.2) is 36.4 Å². The number of para-hydroxylation sites is 3. The quantitative estimate of drug-likeness (QED) is 0.595. The van der Waals surface area contributed by atoms with E-state index in [1.54, 1.807) is 0 Å². The highest BCUT2D eigenvalue weighted by Gasteiger charge is 2.34. The van der Waals surface area contributed by atoms with Gasteiger partial charge in [0.25, 0.3) is 6.01 Å². The lowest BCUT2D eigenvalue weighted by atomic mass is 9.97. The van der Waals surface area contributed by atoms with Gasteiger partial charge in [-0.1, -0.05) is 24.3 Å². The number of amides is 2. The molecule has 1 aliphatic heterocycles. The molecule has 1 fully saturated rings. The summed E-state index contributed by atoms with van der Waals surface area (Å²) < 4.78 is 44.9. The maximum absolute atomic E-state index is 13.0. The minimum atomic E-state index is -4.64. The summed E-state index contributed by atoms with van der Waals surface area (Å²) in [4.78, 5) is 30.7. The van der Waals surface area contributed by atoms with Crippen molar-refractivity contribution < 1.29 is 27.2 Å². The standard InChI is InChI=1S/C22H21F3N4O3/c23-22(24,25)15-5-1-2-6-16(15)27-20(31)19(30)26-13-14-9-11-29(12-10-14)21-28-17-7-3-4-8-18(17)32-21/h1-8,14H,9-13H2,(H,26,30)(H,27,31). The molecule has 0 bridgehead atoms. The summed E-state index contributed by atoms with van der Waals surface area (Å²) in [5.74, 6) is -1.97. The van der Waals surface area contributed by atoms with Gasteiger partial charge in [0, 0.05) is 19.6 Å². The Morgan fingerprint density at radius 3 is 2.44 bits per heavy atom. The fraction of sp³-hybridized carbons (Fsp3) is 0.318. The molecule has 2 heterocycles. The number of carbonyl (C=O) groups excluding carboxylic acids is 2. The van der Waals surface area contributed by atoms with Gasteiger partial charge in [-0.3, -0.25) is 9.59 Å². The van der Waals surface area contributed by atoms with Crippen molar-refractivity contribution in [3.8, 4) is 0 Å². The molecule has 4 rings (SSSR count). The van der Waals surface area contributed by atoms with Gasteiger partial charge in [-0.25, -0.2) is 0 Å². The third kappa shape index (κ3) is 4.84. The zero-order valence-electron chi connectivity index (χ0n) is 17.0. The number of halogens is 3. The summed E-state index contributed by atoms with van der Waals surface area (Å²) in [6, 6.07) is 12.6. The summed E-state index contributed by atoms with van der Waals surface area (Å²) in [5, 5.41) is 4.56. The first-order valence-corrected chi connectivity index (χ1v) is 10.2. The van der Waals surface area contributed by atoms with Crippen LogP contribution >= 0.6 is 0 Å². The molecule has 1 aromatic heterocycles. The zero-order chi connectivity index (χ0) is 22.7. The monoisotopic (exact) mass is 446 g/mol. The molecule has 2 amide bonds. The molecule has 10 heteroatoms. The van der Waals surface area contributed by atoms with Gasteiger partial charge < -0.3 is 20.0 Å². The first kappa shape index (κ1) is 21.7. The Morgan fingerprint density at radius 1 is 1.03 bits per heavy atom. The molecule has 32 heavy (non-hydrogen) atoms. The van der Waals surface area contributed by atoms with Gasteiger partial charge >= 0.3 is 18.0 Å². The molecule has 3 aromatic rings. The molecule has 0 aliphatic carbocycles. The van der Waals surface area contributed by atoms with E-state index in [-0.39, 0.29) is 12.5 Å². The van der Waals surface area contributed by atoms with Crippen molar-refractivity contribution in [3.63, 3.8) is 0 Å². The van der Waals surface area contributed by atoms with Crippen molar-refractivity contribution in [1.29, 1.82) is 0 Å². The number of piperidine rings is 1. The van der Waals surface area contributed by atoms with Gasteiger partial charge in [-0.15, -0.1) is 0 Å². The minimum Gasteiger partial charge on any atom is -0.423 e. The lowest BCUT2D eigenvalue weighted by Gasteiger charge is -2.30. The van der Waals surface area contributed by atoms with Crippen LogP contribution in [0.3, 0.4) is 0 Å². The Kier molecular flexibility index (Phi) is 6.02. The van der Waals surface area contributed by atoms with Crippen LogP contribution in [0, 0.1) is 5.92 Å². The normalized spacial score (nSPS) is 15.0. The SMILES string of the molecule is O=C(NCC1CCN(c2nc3ccccc3o2)CC1)C(=O)Nc1ccccc1C(F)(F)F. The molecule has 2 aromatic carbocycles. The van der Waals surface area contributed by atoms with Crippen molar-refractivity contribution in [2.45, 2.75) is 19.0 Å². The highest BCUT2D eigenvalue weighted by molar-refractivity contribution is 6.39. The van der Waals surface area contributed by atoms with Crippen molar-refractivity contribution in [2.24, 2.45) is 5.92 Å². The van der Waals surface area contributed by atoms with Gasteiger partial charge in [0.15, 0.2) is 5.58 Å². The predicted molar refractivity (Wildman–Crippen MR) is 112 cm³/mol. The average Bonchev–Trinajstić information content (AvgIpc) is 3.22. The zero-order valence-corrected chi connectivity index (χ0v) is 17.0. The minimum absolute atomic E-state index is 0.134. The smallest absolute Gasteiger partial charge is 0.418 e. The number of aromatic nitrogens is 1. The van der Waals surface area contributed by atoms with E-state index in [9.17, 15) is 22.8 Å². The second-order valence-corrected chi connectivity index (χ2v) is 7.60. The number of rotatable bonds is 4. The number of hydrogen-bond acceptors (Lipinski definition) is 5. The number of oxazole rings is 1. The van der Waals surface area contributed by atoms with E-state index in [1.165, 1.54) is 12.1 Å². The molecule has 0 radical (unpaired) electrons. The number of nitrogens with zero attached hydrogens (tertiary/aromatic N) is 2. The van der Waals surface area contributed by atoms with E-state index >= 15 is 0 Å². The van der Waals surface area contributed by atoms with Crippen LogP contribution in [0.25, 0.3) is 11.1 Å². The first-order valence-electron chi connectivity index (χ1n) is 10.2. The van der Waals surface area contributed by atoms with E-state index in [0.717, 1.165) is 36.1 Å². The van der Waals surface area contributed by atoms with Gasteiger partial charge in [0.2, 0.25) is 0 Å². The predicted octanol–water partition coefficient (Wildman–Crippen LogP) is 3.82. The van der Waals surface area contributed by atoms with Crippen molar-refractivity contribution >= 4 is 34.6 Å². The summed E-state index contributed by atoms with van der Waals surface area (Å²) in [7, 11) is 0. The Morgan fingerprint density at radius 2 is 1.72 bits per heavy atom. The fourth-order valence-corrected chi connectivity index (χ4v) is 3.66. The summed E-state index contributed by atoms with van der Waals surface area (Å²) in [6.07, 6.45) is -3.14. The van der Waals surface area contributed by atoms with Crippen LogP contribution in [0.4, 0.5) is 24.9 Å². The van der Waals surface area contributed by atoms with Crippen LogP contribution in [0.5, 0.6) is 0 Å². The number of hydrogen-bond donors (Lipinski definition) is 2. The molecular formula is C22H21F3N4O3. The second-order valence-electron chi connectivity index (χ2n) is 7.60. The lowest BCUT2D eigenvalue weighted by Crippen LogP contribution is -2.42. The third-order valence-corrected chi connectivity index (χ3v) is 5.41. The van der Waals surface area contributed by atoms with Gasteiger partial charge in [-0.2, -0.15) is 18.2 Å². The number of nitrogens with one attached hydrogen (secondary N) is 2. The molecule has 0 saturated carbocycles. The van der Waals surface area contributed by atoms with E-state index < -0.39 is 29.2 Å². The van der Waals surface area contributed by atoms with Crippen LogP contribution in [0.2, 0.25) is 0 Å². The van der Waals surface area contributed by atoms with Crippen LogP contribution in [0.1, 0.15) is 18.4 Å². The third-order valence-electron chi connectivity index (χ3n) is 5.41. The summed E-state index contributed by atoms with van der Waals surface area (Å²) in [5.41, 5.74) is 0.0458. The molecule has 2 N–H and O–H groups in total. The number of alkyl halides is 3. The number of carbonyl (C=O) groups is 2. The molecule has 1 aliphatic rings. The van der Waals surface area contributed by atoms with E-state index in [2.05, 4.69) is 10.3 Å². The van der Waals surface area contributed by atoms with Crippen molar-refractivity contribution in [1.82, 2.24) is 10.3 Å². The number of fused-ring (bicyclic) bond motifs is 1. The Hall–Kier alpha value is -3.56. The second kappa shape index (κ2) is 8.89. The molecule has 0 atom stereocenters. The van der Waals surface area contributed by atoms with E-state index in [0.29, 0.717) is 19.1 Å². The fourth-order valence-electron chi connectivity index (χ4n) is 3.66. The van der Waals surface area contributed by atoms with E-state index in [4.69, 9.17) is 4.42 Å². The molecular weight excluding hydrogens is 425 g/mol. The maximum atomic E-state index is 13.0. The molecule has 1 saturated heterocycles. The number of benzene rings is 2. The van der Waals surface area contributed by atoms with Crippen LogP contribution in [-0.2, 0) is 15.8 Å². The largest absolute Gasteiger partial charge is 0.423 e. The van der Waals surface area contributed by atoms with Gasteiger partial charge in [0.1, 0.15) is 5.52 Å². The highest BCUT2D eigenvalue weighted by atomic mass is 19.4. The van der Waals surface area contributed by atoms with Crippen LogP contribution in [0.15, 0.2) is 52.9 Å². The van der Waals surface area contributed by atoms with Crippen molar-refractivity contribution in [2.75, 3.05) is 29.9 Å². The molecule has 7 nitrogen and oxygen atoms in total. The number of anilines is 2. The molecule has 168 valence electrons. The highest BCUT2D eigenvalue weighted by Crippen LogP contribution is 2.34. The van der Waals surface area contributed by atoms with Gasteiger partial charge in [-0.05, 0) is 43.0 Å². The maximum Gasteiger partial charge on any atom is 0.418 e. The lowest BCUT2D eigenvalue weighted by molar-refractivity contribution is -0.138. The molecule has 0 unspecified atom stereocenters. The van der Waals surface area contributed by atoms with Gasteiger partial charge in [0.05, 0.1) is 11.3 Å². The average molecular weight is 446 g/mol. The Balaban J connectivity index is 1.27. The first-order chi connectivity index (χ1) is 15.3. The van der Waals surface area contributed by atoms with Crippen LogP contribution < -0.4 is 15.5 Å². The Labute approximate surface area is 181 Å². The van der Waals surface area contributed by atoms with Crippen molar-refractivity contribution in [3.05, 3.63) is 54.1 Å². The summed E-state index contributed by atoms with van der Waals surface area (Å²) in [6.45, 7) is 1.62. The summed E-state index contributed by atoms with van der Waals surface area (Å²) >= 11 is 0. The molecule has 0 spiro atoms. The van der Waals surface area contributed by atoms with E-state index in [1.807, 2.05) is 34.5 Å². The topological polar surface area (TPSA) is 87.5 Å².